The molecule has 0 radical (unpaired) electrons. The lowest BCUT2D eigenvalue weighted by atomic mass is 10.0. The predicted molar refractivity (Wildman–Crippen MR) is 166 cm³/mol. The van der Waals surface area contributed by atoms with Crippen molar-refractivity contribution in [1.82, 2.24) is 14.5 Å². The van der Waals surface area contributed by atoms with Crippen molar-refractivity contribution in [3.8, 4) is 45.2 Å². The van der Waals surface area contributed by atoms with Gasteiger partial charge in [-0.2, -0.15) is 0 Å². The van der Waals surface area contributed by atoms with Crippen molar-refractivity contribution in [3.05, 3.63) is 157 Å². The number of rotatable bonds is 6. The Morgan fingerprint density at radius 1 is 0.610 bits per heavy atom. The number of aromatic hydroxyl groups is 1. The fraction of sp³-hybridized carbons (Fsp3) is 0.0270. The van der Waals surface area contributed by atoms with E-state index in [2.05, 4.69) is 76.3 Å². The smallest absolute Gasteiger partial charge is 0.149 e. The van der Waals surface area contributed by atoms with Crippen LogP contribution >= 0.6 is 0 Å². The molecule has 2 heterocycles. The molecule has 0 aliphatic heterocycles. The van der Waals surface area contributed by atoms with Crippen molar-refractivity contribution < 1.29 is 5.11 Å². The van der Waals surface area contributed by atoms with Crippen LogP contribution in [-0.2, 0) is 6.42 Å². The molecule has 4 nitrogen and oxygen atoms in total. The van der Waals surface area contributed by atoms with E-state index in [4.69, 9.17) is 4.98 Å². The first-order valence-corrected chi connectivity index (χ1v) is 13.7. The number of pyridine rings is 1. The Hall–Kier alpha value is -5.48. The summed E-state index contributed by atoms with van der Waals surface area (Å²) < 4.78 is 2.14. The van der Waals surface area contributed by atoms with E-state index in [1.165, 1.54) is 0 Å². The highest BCUT2D eigenvalue weighted by molar-refractivity contribution is 5.96. The minimum Gasteiger partial charge on any atom is -0.507 e. The highest BCUT2D eigenvalue weighted by Crippen LogP contribution is 2.39. The van der Waals surface area contributed by atoms with Gasteiger partial charge in [0.2, 0.25) is 0 Å². The monoisotopic (exact) mass is 529 g/mol. The summed E-state index contributed by atoms with van der Waals surface area (Å²) >= 11 is 0. The van der Waals surface area contributed by atoms with Gasteiger partial charge in [-0.05, 0) is 59.2 Å². The molecule has 7 rings (SSSR count). The topological polar surface area (TPSA) is 50.9 Å². The lowest BCUT2D eigenvalue weighted by Crippen LogP contribution is -1.99. The highest BCUT2D eigenvalue weighted by atomic mass is 16.3. The van der Waals surface area contributed by atoms with Crippen LogP contribution in [0.1, 0.15) is 11.1 Å². The SMILES string of the molecule is Oc1c(Cc2ccccc2)cccc1-c1nc2c(-c3cccc(-c4ccccn4)c3)cccc2n1-c1ccccc1. The maximum atomic E-state index is 11.6. The molecular weight excluding hydrogens is 502 g/mol. The third-order valence-electron chi connectivity index (χ3n) is 7.43. The van der Waals surface area contributed by atoms with Crippen molar-refractivity contribution in [1.29, 1.82) is 0 Å². The minimum absolute atomic E-state index is 0.252. The average molecular weight is 530 g/mol. The summed E-state index contributed by atoms with van der Waals surface area (Å²) in [6.45, 7) is 0. The normalized spacial score (nSPS) is 11.1. The van der Waals surface area contributed by atoms with Crippen LogP contribution < -0.4 is 0 Å². The van der Waals surface area contributed by atoms with Crippen LogP contribution in [0.2, 0.25) is 0 Å². The summed E-state index contributed by atoms with van der Waals surface area (Å²) in [6.07, 6.45) is 2.45. The Morgan fingerprint density at radius 3 is 2.12 bits per heavy atom. The number of phenols is 1. The lowest BCUT2D eigenvalue weighted by Gasteiger charge is -2.13. The van der Waals surface area contributed by atoms with E-state index in [0.29, 0.717) is 17.8 Å². The van der Waals surface area contributed by atoms with E-state index < -0.39 is 0 Å². The zero-order valence-corrected chi connectivity index (χ0v) is 22.4. The summed E-state index contributed by atoms with van der Waals surface area (Å²) in [5.41, 5.74) is 9.60. The second-order valence-corrected chi connectivity index (χ2v) is 10.1. The molecule has 2 aromatic heterocycles. The predicted octanol–water partition coefficient (Wildman–Crippen LogP) is 8.72. The molecule has 7 aromatic rings. The van der Waals surface area contributed by atoms with Gasteiger partial charge < -0.3 is 5.11 Å². The van der Waals surface area contributed by atoms with E-state index in [9.17, 15) is 5.11 Å². The highest BCUT2D eigenvalue weighted by Gasteiger charge is 2.21. The molecule has 0 saturated carbocycles. The third kappa shape index (κ3) is 4.66. The van der Waals surface area contributed by atoms with Crippen molar-refractivity contribution in [2.45, 2.75) is 6.42 Å². The largest absolute Gasteiger partial charge is 0.507 e. The van der Waals surface area contributed by atoms with Gasteiger partial charge in [-0.25, -0.2) is 4.98 Å². The molecule has 0 unspecified atom stereocenters. The second-order valence-electron chi connectivity index (χ2n) is 10.1. The average Bonchev–Trinajstić information content (AvgIpc) is 3.43. The standard InChI is InChI=1S/C37H27N3O/c41-36-29(24-26-12-3-1-4-13-26)16-10-20-32(36)37-39-35-31(19-11-22-34(35)40(37)30-17-5-2-6-18-30)27-14-9-15-28(25-27)33-21-7-8-23-38-33/h1-23,25,41H,24H2. The Morgan fingerprint density at radius 2 is 1.32 bits per heavy atom. The fourth-order valence-electron chi connectivity index (χ4n) is 5.46. The third-order valence-corrected chi connectivity index (χ3v) is 7.43. The number of aromatic nitrogens is 3. The van der Waals surface area contributed by atoms with E-state index in [0.717, 1.165) is 50.2 Å². The van der Waals surface area contributed by atoms with Crippen LogP contribution in [0.3, 0.4) is 0 Å². The van der Waals surface area contributed by atoms with Crippen LogP contribution in [0.4, 0.5) is 0 Å². The van der Waals surface area contributed by atoms with Crippen LogP contribution in [0, 0.1) is 0 Å². The van der Waals surface area contributed by atoms with Gasteiger partial charge in [0.15, 0.2) is 0 Å². The number of hydrogen-bond donors (Lipinski definition) is 1. The first-order chi connectivity index (χ1) is 20.3. The van der Waals surface area contributed by atoms with Gasteiger partial charge in [0.1, 0.15) is 11.6 Å². The molecule has 0 amide bonds. The van der Waals surface area contributed by atoms with Crippen molar-refractivity contribution in [2.24, 2.45) is 0 Å². The van der Waals surface area contributed by atoms with Crippen molar-refractivity contribution in [2.75, 3.05) is 0 Å². The molecule has 1 N–H and O–H groups in total. The van der Waals surface area contributed by atoms with Crippen LogP contribution in [0.25, 0.3) is 50.5 Å². The van der Waals surface area contributed by atoms with Gasteiger partial charge in [-0.1, -0.05) is 97.1 Å². The summed E-state index contributed by atoms with van der Waals surface area (Å²) in [4.78, 5) is 9.78. The quantitative estimate of drug-likeness (QED) is 0.234. The van der Waals surface area contributed by atoms with Crippen LogP contribution in [0.15, 0.2) is 146 Å². The van der Waals surface area contributed by atoms with Gasteiger partial charge in [-0.3, -0.25) is 9.55 Å². The van der Waals surface area contributed by atoms with Crippen LogP contribution in [0.5, 0.6) is 5.75 Å². The molecule has 0 saturated heterocycles. The Bertz CT molecular complexity index is 1960. The first-order valence-electron chi connectivity index (χ1n) is 13.7. The molecule has 0 fully saturated rings. The molecule has 0 atom stereocenters. The number of benzene rings is 5. The van der Waals surface area contributed by atoms with E-state index in [1.807, 2.05) is 79.0 Å². The van der Waals surface area contributed by atoms with E-state index in [1.54, 1.807) is 0 Å². The molecule has 0 spiro atoms. The molecule has 0 aliphatic carbocycles. The zero-order chi connectivity index (χ0) is 27.6. The number of fused-ring (bicyclic) bond motifs is 1. The van der Waals surface area contributed by atoms with Gasteiger partial charge in [0.25, 0.3) is 0 Å². The second kappa shape index (κ2) is 10.6. The lowest BCUT2D eigenvalue weighted by molar-refractivity contribution is 0.471. The van der Waals surface area contributed by atoms with Crippen LogP contribution in [-0.4, -0.2) is 19.6 Å². The molecule has 5 aromatic carbocycles. The Kier molecular flexibility index (Phi) is 6.34. The molecule has 4 heteroatoms. The number of nitrogens with zero attached hydrogens (tertiary/aromatic N) is 3. The zero-order valence-electron chi connectivity index (χ0n) is 22.4. The summed E-state index contributed by atoms with van der Waals surface area (Å²) in [5, 5.41) is 11.6. The van der Waals surface area contributed by atoms with E-state index >= 15 is 0 Å². The van der Waals surface area contributed by atoms with Gasteiger partial charge in [0, 0.05) is 29.4 Å². The number of phenolic OH excluding ortho intramolecular Hbond substituents is 1. The Balaban J connectivity index is 1.43. The maximum absolute atomic E-state index is 11.6. The summed E-state index contributed by atoms with van der Waals surface area (Å²) in [7, 11) is 0. The van der Waals surface area contributed by atoms with Gasteiger partial charge in [0.05, 0.1) is 22.3 Å². The van der Waals surface area contributed by atoms with E-state index in [-0.39, 0.29) is 5.75 Å². The number of para-hydroxylation sites is 3. The molecule has 41 heavy (non-hydrogen) atoms. The van der Waals surface area contributed by atoms with Crippen molar-refractivity contribution >= 4 is 11.0 Å². The molecule has 0 aliphatic rings. The minimum atomic E-state index is 0.252. The molecule has 196 valence electrons. The Labute approximate surface area is 238 Å². The first kappa shape index (κ1) is 24.6. The number of imidazole rings is 1. The van der Waals surface area contributed by atoms with Gasteiger partial charge >= 0.3 is 0 Å². The maximum Gasteiger partial charge on any atom is 0.149 e. The molecular formula is C37H27N3O. The fourth-order valence-corrected chi connectivity index (χ4v) is 5.46. The summed E-state index contributed by atoms with van der Waals surface area (Å²) in [6, 6.07) is 47.0. The van der Waals surface area contributed by atoms with Gasteiger partial charge in [-0.15, -0.1) is 0 Å². The molecule has 0 bridgehead atoms. The summed E-state index contributed by atoms with van der Waals surface area (Å²) in [5.74, 6) is 0.953. The van der Waals surface area contributed by atoms with Crippen molar-refractivity contribution in [3.63, 3.8) is 0 Å². The number of hydrogen-bond acceptors (Lipinski definition) is 3.